The first-order valence-corrected chi connectivity index (χ1v) is 6.99. The highest BCUT2D eigenvalue weighted by atomic mass is 15.0. The second kappa shape index (κ2) is 4.91. The molecule has 4 aromatic rings. The van der Waals surface area contributed by atoms with E-state index in [0.29, 0.717) is 0 Å². The zero-order chi connectivity index (χ0) is 14.1. The molecule has 4 rings (SSSR count). The van der Waals surface area contributed by atoms with E-state index in [-0.39, 0.29) is 0 Å². The van der Waals surface area contributed by atoms with Crippen molar-refractivity contribution in [1.29, 1.82) is 0 Å². The van der Waals surface area contributed by atoms with E-state index in [1.54, 1.807) is 6.20 Å². The maximum Gasteiger partial charge on any atom is 0.0639 e. The molecule has 0 spiro atoms. The van der Waals surface area contributed by atoms with Crippen molar-refractivity contribution >= 4 is 10.9 Å². The minimum atomic E-state index is 1.08. The van der Waals surface area contributed by atoms with Gasteiger partial charge in [-0.15, -0.1) is 0 Å². The Labute approximate surface area is 123 Å². The van der Waals surface area contributed by atoms with Crippen LogP contribution in [0, 0.1) is 0 Å². The van der Waals surface area contributed by atoms with Crippen molar-refractivity contribution in [1.82, 2.24) is 9.55 Å². The van der Waals surface area contributed by atoms with Crippen LogP contribution in [-0.4, -0.2) is 9.55 Å². The summed E-state index contributed by atoms with van der Waals surface area (Å²) in [7, 11) is 0. The molecule has 2 nitrogen and oxygen atoms in total. The predicted octanol–water partition coefficient (Wildman–Crippen LogP) is 4.69. The fourth-order valence-electron chi connectivity index (χ4n) is 2.67. The highest BCUT2D eigenvalue weighted by Gasteiger charge is 2.05. The van der Waals surface area contributed by atoms with E-state index in [9.17, 15) is 0 Å². The van der Waals surface area contributed by atoms with Crippen LogP contribution in [0.3, 0.4) is 0 Å². The van der Waals surface area contributed by atoms with E-state index in [0.717, 1.165) is 5.69 Å². The standard InChI is InChI=1S/C19H14N2/c1-2-5-15(6-3-1)16-8-9-19-17(13-16)10-12-21(19)18-7-4-11-20-14-18/h1-14H. The summed E-state index contributed by atoms with van der Waals surface area (Å²) in [6.45, 7) is 0. The Bertz CT molecular complexity index is 877. The Morgan fingerprint density at radius 2 is 1.67 bits per heavy atom. The van der Waals surface area contributed by atoms with E-state index in [1.807, 2.05) is 18.3 Å². The third kappa shape index (κ3) is 2.11. The molecule has 0 bridgehead atoms. The lowest BCUT2D eigenvalue weighted by atomic mass is 10.0. The van der Waals surface area contributed by atoms with Crippen LogP contribution in [0.25, 0.3) is 27.7 Å². The Morgan fingerprint density at radius 3 is 2.48 bits per heavy atom. The maximum atomic E-state index is 4.19. The average Bonchev–Trinajstić information content (AvgIpc) is 2.99. The molecule has 2 aromatic carbocycles. The SMILES string of the molecule is c1ccc(-c2ccc3c(ccn3-c3cccnc3)c2)cc1. The van der Waals surface area contributed by atoms with E-state index in [2.05, 4.69) is 70.3 Å². The van der Waals surface area contributed by atoms with Gasteiger partial charge in [0.1, 0.15) is 0 Å². The molecule has 0 aliphatic heterocycles. The van der Waals surface area contributed by atoms with Crippen LogP contribution in [0.2, 0.25) is 0 Å². The molecule has 2 aromatic heterocycles. The van der Waals surface area contributed by atoms with Gasteiger partial charge in [-0.25, -0.2) is 0 Å². The lowest BCUT2D eigenvalue weighted by Crippen LogP contribution is -1.91. The van der Waals surface area contributed by atoms with Crippen molar-refractivity contribution in [3.8, 4) is 16.8 Å². The first-order valence-electron chi connectivity index (χ1n) is 6.99. The Morgan fingerprint density at radius 1 is 0.762 bits per heavy atom. The molecule has 0 atom stereocenters. The molecule has 0 unspecified atom stereocenters. The molecular formula is C19H14N2. The van der Waals surface area contributed by atoms with Gasteiger partial charge in [0.25, 0.3) is 0 Å². The van der Waals surface area contributed by atoms with Crippen molar-refractivity contribution in [2.24, 2.45) is 0 Å². The lowest BCUT2D eigenvalue weighted by molar-refractivity contribution is 1.10. The molecule has 0 fully saturated rings. The predicted molar refractivity (Wildman–Crippen MR) is 86.5 cm³/mol. The van der Waals surface area contributed by atoms with Crippen LogP contribution in [0.15, 0.2) is 85.3 Å². The third-order valence-electron chi connectivity index (χ3n) is 3.72. The third-order valence-corrected chi connectivity index (χ3v) is 3.72. The summed E-state index contributed by atoms with van der Waals surface area (Å²) in [6, 6.07) is 23.2. The van der Waals surface area contributed by atoms with Crippen molar-refractivity contribution in [3.05, 3.63) is 85.3 Å². The molecule has 100 valence electrons. The number of rotatable bonds is 2. The topological polar surface area (TPSA) is 17.8 Å². The molecule has 0 N–H and O–H groups in total. The van der Waals surface area contributed by atoms with Gasteiger partial charge >= 0.3 is 0 Å². The molecule has 0 aliphatic carbocycles. The molecule has 21 heavy (non-hydrogen) atoms. The average molecular weight is 270 g/mol. The summed E-state index contributed by atoms with van der Waals surface area (Å²) in [4.78, 5) is 4.19. The second-order valence-electron chi connectivity index (χ2n) is 5.04. The Balaban J connectivity index is 1.85. The number of nitrogens with zero attached hydrogens (tertiary/aromatic N) is 2. The summed E-state index contributed by atoms with van der Waals surface area (Å²) < 4.78 is 2.16. The number of pyridine rings is 1. The van der Waals surface area contributed by atoms with Gasteiger partial charge in [0, 0.05) is 17.8 Å². The van der Waals surface area contributed by atoms with Crippen molar-refractivity contribution in [2.75, 3.05) is 0 Å². The molecule has 0 radical (unpaired) electrons. The molecule has 0 saturated heterocycles. The van der Waals surface area contributed by atoms with E-state index in [1.165, 1.54) is 22.0 Å². The largest absolute Gasteiger partial charge is 0.315 e. The quantitative estimate of drug-likeness (QED) is 0.516. The number of fused-ring (bicyclic) bond motifs is 1. The monoisotopic (exact) mass is 270 g/mol. The zero-order valence-corrected chi connectivity index (χ0v) is 11.5. The summed E-state index contributed by atoms with van der Waals surface area (Å²) >= 11 is 0. The number of hydrogen-bond acceptors (Lipinski definition) is 1. The first kappa shape index (κ1) is 11.9. The highest BCUT2D eigenvalue weighted by molar-refractivity contribution is 5.86. The van der Waals surface area contributed by atoms with Gasteiger partial charge in [0.15, 0.2) is 0 Å². The van der Waals surface area contributed by atoms with Gasteiger partial charge in [0.05, 0.1) is 17.4 Å². The summed E-state index contributed by atoms with van der Waals surface area (Å²) in [5, 5.41) is 1.24. The maximum absolute atomic E-state index is 4.19. The van der Waals surface area contributed by atoms with Gasteiger partial charge in [-0.1, -0.05) is 36.4 Å². The normalized spacial score (nSPS) is 10.9. The summed E-state index contributed by atoms with van der Waals surface area (Å²) in [5.74, 6) is 0. The minimum Gasteiger partial charge on any atom is -0.315 e. The molecule has 2 heterocycles. The molecular weight excluding hydrogens is 256 g/mol. The van der Waals surface area contributed by atoms with E-state index >= 15 is 0 Å². The van der Waals surface area contributed by atoms with Gasteiger partial charge in [-0.05, 0) is 41.5 Å². The fraction of sp³-hybridized carbons (Fsp3) is 0. The minimum absolute atomic E-state index is 1.08. The van der Waals surface area contributed by atoms with Gasteiger partial charge in [0.2, 0.25) is 0 Å². The van der Waals surface area contributed by atoms with Gasteiger partial charge in [-0.2, -0.15) is 0 Å². The summed E-state index contributed by atoms with van der Waals surface area (Å²) in [6.07, 6.45) is 5.77. The fourth-order valence-corrected chi connectivity index (χ4v) is 2.67. The Hall–Kier alpha value is -2.87. The first-order chi connectivity index (χ1) is 10.4. The Kier molecular flexibility index (Phi) is 2.79. The zero-order valence-electron chi connectivity index (χ0n) is 11.5. The second-order valence-corrected chi connectivity index (χ2v) is 5.04. The van der Waals surface area contributed by atoms with Crippen LogP contribution in [0.1, 0.15) is 0 Å². The number of benzene rings is 2. The molecule has 2 heteroatoms. The van der Waals surface area contributed by atoms with Crippen molar-refractivity contribution in [3.63, 3.8) is 0 Å². The van der Waals surface area contributed by atoms with Crippen LogP contribution < -0.4 is 0 Å². The van der Waals surface area contributed by atoms with Gasteiger partial charge < -0.3 is 4.57 Å². The van der Waals surface area contributed by atoms with Crippen LogP contribution in [0.5, 0.6) is 0 Å². The van der Waals surface area contributed by atoms with E-state index in [4.69, 9.17) is 0 Å². The van der Waals surface area contributed by atoms with Crippen molar-refractivity contribution < 1.29 is 0 Å². The van der Waals surface area contributed by atoms with Gasteiger partial charge in [-0.3, -0.25) is 4.98 Å². The molecule has 0 saturated carbocycles. The van der Waals surface area contributed by atoms with E-state index < -0.39 is 0 Å². The lowest BCUT2D eigenvalue weighted by Gasteiger charge is -2.06. The van der Waals surface area contributed by atoms with Crippen LogP contribution >= 0.6 is 0 Å². The smallest absolute Gasteiger partial charge is 0.0639 e. The van der Waals surface area contributed by atoms with Crippen LogP contribution in [-0.2, 0) is 0 Å². The summed E-state index contributed by atoms with van der Waals surface area (Å²) in [5.41, 5.74) is 4.77. The van der Waals surface area contributed by atoms with Crippen molar-refractivity contribution in [2.45, 2.75) is 0 Å². The number of aromatic nitrogens is 2. The molecule has 0 amide bonds. The highest BCUT2D eigenvalue weighted by Crippen LogP contribution is 2.26. The number of hydrogen-bond donors (Lipinski definition) is 0. The molecule has 0 aliphatic rings. The van der Waals surface area contributed by atoms with Crippen LogP contribution in [0.4, 0.5) is 0 Å².